The largest absolute Gasteiger partial charge is 0.469 e. The Morgan fingerprint density at radius 3 is 2.65 bits per heavy atom. The lowest BCUT2D eigenvalue weighted by atomic mass is 9.76. The molecule has 0 saturated carbocycles. The minimum atomic E-state index is -0.0813. The van der Waals surface area contributed by atoms with Crippen LogP contribution in [0.4, 0.5) is 0 Å². The molecule has 20 heavy (non-hydrogen) atoms. The molecule has 0 amide bonds. The van der Waals surface area contributed by atoms with Crippen molar-refractivity contribution in [2.24, 2.45) is 5.92 Å². The number of carbonyl (C=O) groups is 1. The predicted octanol–water partition coefficient (Wildman–Crippen LogP) is 3.08. The lowest BCUT2D eigenvalue weighted by molar-refractivity contribution is -0.150. The number of carbonyl (C=O) groups excluding carboxylic acids is 1. The third kappa shape index (κ3) is 2.23. The van der Waals surface area contributed by atoms with Crippen molar-refractivity contribution in [2.75, 3.05) is 14.2 Å². The van der Waals surface area contributed by atoms with Crippen molar-refractivity contribution in [2.45, 2.75) is 37.3 Å². The average molecular weight is 294 g/mol. The van der Waals surface area contributed by atoms with E-state index in [0.717, 1.165) is 17.9 Å². The van der Waals surface area contributed by atoms with Crippen LogP contribution in [-0.4, -0.2) is 37.1 Å². The molecule has 2 unspecified atom stereocenters. The van der Waals surface area contributed by atoms with Crippen LogP contribution < -0.4 is 0 Å². The van der Waals surface area contributed by atoms with Gasteiger partial charge in [0, 0.05) is 23.0 Å². The van der Waals surface area contributed by atoms with Crippen molar-refractivity contribution in [3.05, 3.63) is 34.9 Å². The fourth-order valence-corrected chi connectivity index (χ4v) is 4.10. The minimum absolute atomic E-state index is 0.0649. The number of benzene rings is 1. The van der Waals surface area contributed by atoms with Crippen LogP contribution in [0.1, 0.15) is 30.7 Å². The number of hydrogen-bond acceptors (Lipinski definition) is 3. The molecule has 3 rings (SSSR count). The van der Waals surface area contributed by atoms with Crippen molar-refractivity contribution in [1.82, 2.24) is 4.90 Å². The second-order valence-electron chi connectivity index (χ2n) is 5.91. The monoisotopic (exact) mass is 293 g/mol. The van der Waals surface area contributed by atoms with E-state index in [0.29, 0.717) is 12.1 Å². The lowest BCUT2D eigenvalue weighted by Crippen LogP contribution is -2.49. The van der Waals surface area contributed by atoms with E-state index in [9.17, 15) is 4.79 Å². The third-order valence-corrected chi connectivity index (χ3v) is 5.29. The summed E-state index contributed by atoms with van der Waals surface area (Å²) in [6.07, 6.45) is 3.29. The second kappa shape index (κ2) is 5.38. The maximum Gasteiger partial charge on any atom is 0.310 e. The van der Waals surface area contributed by atoms with Crippen molar-refractivity contribution >= 4 is 17.6 Å². The molecule has 2 fully saturated rings. The van der Waals surface area contributed by atoms with Gasteiger partial charge in [0.15, 0.2) is 0 Å². The summed E-state index contributed by atoms with van der Waals surface area (Å²) in [7, 11) is 3.62. The zero-order valence-electron chi connectivity index (χ0n) is 11.9. The molecule has 2 saturated heterocycles. The molecular weight excluding hydrogens is 274 g/mol. The molecule has 4 atom stereocenters. The number of halogens is 1. The average Bonchev–Trinajstić information content (AvgIpc) is 2.70. The summed E-state index contributed by atoms with van der Waals surface area (Å²) in [6.45, 7) is 0. The molecule has 0 aromatic heterocycles. The van der Waals surface area contributed by atoms with Crippen LogP contribution in [0, 0.1) is 5.92 Å². The Morgan fingerprint density at radius 2 is 2.00 bits per heavy atom. The zero-order valence-corrected chi connectivity index (χ0v) is 12.6. The van der Waals surface area contributed by atoms with Crippen molar-refractivity contribution < 1.29 is 9.53 Å². The number of piperidine rings is 1. The highest BCUT2D eigenvalue weighted by Gasteiger charge is 2.49. The first-order valence-corrected chi connectivity index (χ1v) is 7.55. The number of rotatable bonds is 2. The molecule has 1 aromatic carbocycles. The highest BCUT2D eigenvalue weighted by molar-refractivity contribution is 6.30. The SMILES string of the molecule is COC(=O)C1C(c2ccc(Cl)cc2)C[C@@H]2CC[C@H]1N2C. The molecule has 2 bridgehead atoms. The second-order valence-corrected chi connectivity index (χ2v) is 6.34. The summed E-state index contributed by atoms with van der Waals surface area (Å²) in [6, 6.07) is 8.81. The quantitative estimate of drug-likeness (QED) is 0.785. The molecule has 2 aliphatic heterocycles. The lowest BCUT2D eigenvalue weighted by Gasteiger charge is -2.41. The topological polar surface area (TPSA) is 29.5 Å². The van der Waals surface area contributed by atoms with E-state index in [-0.39, 0.29) is 17.8 Å². The number of methoxy groups -OCH3 is 1. The Hall–Kier alpha value is -1.06. The van der Waals surface area contributed by atoms with Gasteiger partial charge in [-0.1, -0.05) is 23.7 Å². The third-order valence-electron chi connectivity index (χ3n) is 5.04. The Balaban J connectivity index is 1.95. The van der Waals surface area contributed by atoms with Gasteiger partial charge < -0.3 is 4.74 Å². The van der Waals surface area contributed by atoms with E-state index in [4.69, 9.17) is 16.3 Å². The predicted molar refractivity (Wildman–Crippen MR) is 78.9 cm³/mol. The molecule has 108 valence electrons. The van der Waals surface area contributed by atoms with Crippen LogP contribution in [-0.2, 0) is 9.53 Å². The number of nitrogens with zero attached hydrogens (tertiary/aromatic N) is 1. The van der Waals surface area contributed by atoms with Crippen LogP contribution in [0.2, 0.25) is 5.02 Å². The Bertz CT molecular complexity index is 502. The molecular formula is C16H20ClNO2. The van der Waals surface area contributed by atoms with Gasteiger partial charge in [-0.3, -0.25) is 9.69 Å². The van der Waals surface area contributed by atoms with Gasteiger partial charge in [0.2, 0.25) is 0 Å². The van der Waals surface area contributed by atoms with Gasteiger partial charge in [-0.2, -0.15) is 0 Å². The van der Waals surface area contributed by atoms with Gasteiger partial charge in [0.05, 0.1) is 13.0 Å². The maximum absolute atomic E-state index is 12.3. The minimum Gasteiger partial charge on any atom is -0.469 e. The first-order chi connectivity index (χ1) is 9.61. The summed E-state index contributed by atoms with van der Waals surface area (Å²) >= 11 is 5.97. The van der Waals surface area contributed by atoms with E-state index in [1.807, 2.05) is 24.3 Å². The number of esters is 1. The van der Waals surface area contributed by atoms with Crippen molar-refractivity contribution in [3.8, 4) is 0 Å². The molecule has 1 aromatic rings. The Kier molecular flexibility index (Phi) is 3.74. The molecule has 4 heteroatoms. The van der Waals surface area contributed by atoms with E-state index < -0.39 is 0 Å². The molecule has 0 spiro atoms. The molecule has 0 N–H and O–H groups in total. The standard InChI is InChI=1S/C16H20ClNO2/c1-18-12-7-8-14(18)15(16(19)20-2)13(9-12)10-3-5-11(17)6-4-10/h3-6,12-15H,7-9H2,1-2H3/t12-,13?,14+,15?/m0/s1. The summed E-state index contributed by atoms with van der Waals surface area (Å²) in [4.78, 5) is 14.6. The molecule has 0 radical (unpaired) electrons. The molecule has 3 nitrogen and oxygen atoms in total. The van der Waals surface area contributed by atoms with Crippen LogP contribution in [0.3, 0.4) is 0 Å². The highest BCUT2D eigenvalue weighted by Crippen LogP contribution is 2.46. The van der Waals surface area contributed by atoms with Gasteiger partial charge in [-0.15, -0.1) is 0 Å². The van der Waals surface area contributed by atoms with E-state index in [1.165, 1.54) is 19.1 Å². The smallest absolute Gasteiger partial charge is 0.310 e. The van der Waals surface area contributed by atoms with E-state index >= 15 is 0 Å². The first-order valence-electron chi connectivity index (χ1n) is 7.17. The molecule has 2 heterocycles. The van der Waals surface area contributed by atoms with Gasteiger partial charge in [-0.05, 0) is 44.0 Å². The van der Waals surface area contributed by atoms with Gasteiger partial charge in [-0.25, -0.2) is 0 Å². The normalized spacial score (nSPS) is 33.1. The fraction of sp³-hybridized carbons (Fsp3) is 0.562. The summed E-state index contributed by atoms with van der Waals surface area (Å²) in [5, 5.41) is 0.735. The fourth-order valence-electron chi connectivity index (χ4n) is 3.98. The number of fused-ring (bicyclic) bond motifs is 2. The van der Waals surface area contributed by atoms with E-state index in [2.05, 4.69) is 11.9 Å². The molecule has 0 aliphatic carbocycles. The summed E-state index contributed by atoms with van der Waals surface area (Å²) in [5.74, 6) is 0.0977. The van der Waals surface area contributed by atoms with E-state index in [1.54, 1.807) is 0 Å². The van der Waals surface area contributed by atoms with Crippen molar-refractivity contribution in [3.63, 3.8) is 0 Å². The molecule has 2 aliphatic rings. The zero-order chi connectivity index (χ0) is 14.3. The van der Waals surface area contributed by atoms with Gasteiger partial charge in [0.25, 0.3) is 0 Å². The van der Waals surface area contributed by atoms with Crippen LogP contribution >= 0.6 is 11.6 Å². The first kappa shape index (κ1) is 13.9. The van der Waals surface area contributed by atoms with Gasteiger partial charge in [0.1, 0.15) is 0 Å². The van der Waals surface area contributed by atoms with Crippen LogP contribution in [0.25, 0.3) is 0 Å². The number of hydrogen-bond donors (Lipinski definition) is 0. The van der Waals surface area contributed by atoms with Crippen LogP contribution in [0.15, 0.2) is 24.3 Å². The van der Waals surface area contributed by atoms with Crippen molar-refractivity contribution in [1.29, 1.82) is 0 Å². The summed E-state index contributed by atoms with van der Waals surface area (Å²) < 4.78 is 5.07. The maximum atomic E-state index is 12.3. The van der Waals surface area contributed by atoms with Gasteiger partial charge >= 0.3 is 5.97 Å². The summed E-state index contributed by atoms with van der Waals surface area (Å²) in [5.41, 5.74) is 1.20. The Morgan fingerprint density at radius 1 is 1.30 bits per heavy atom. The Labute approximate surface area is 124 Å². The number of ether oxygens (including phenoxy) is 1. The van der Waals surface area contributed by atoms with Crippen LogP contribution in [0.5, 0.6) is 0 Å². The highest BCUT2D eigenvalue weighted by atomic mass is 35.5.